The third-order valence-electron chi connectivity index (χ3n) is 17.7. The number of carbonyl (C=O) groups is 4. The van der Waals surface area contributed by atoms with Crippen molar-refractivity contribution in [2.24, 2.45) is 11.8 Å². The molecular formula is C76H148O17P2. The fourth-order valence-electron chi connectivity index (χ4n) is 11.7. The third kappa shape index (κ3) is 70.3. The van der Waals surface area contributed by atoms with E-state index in [-0.39, 0.29) is 25.7 Å². The van der Waals surface area contributed by atoms with Crippen LogP contribution >= 0.6 is 15.6 Å². The Labute approximate surface area is 581 Å². The predicted octanol–water partition coefficient (Wildman–Crippen LogP) is 22.3. The predicted molar refractivity (Wildman–Crippen MR) is 386 cm³/mol. The summed E-state index contributed by atoms with van der Waals surface area (Å²) in [5.74, 6) is -0.590. The Hall–Kier alpha value is -1.94. The van der Waals surface area contributed by atoms with Crippen LogP contribution in [-0.2, 0) is 65.4 Å². The number of esters is 4. The number of unbranched alkanes of at least 4 members (excludes halogenated alkanes) is 45. The molecule has 0 aliphatic carbocycles. The minimum Gasteiger partial charge on any atom is -0.462 e. The lowest BCUT2D eigenvalue weighted by molar-refractivity contribution is -0.161. The van der Waals surface area contributed by atoms with E-state index in [1.165, 1.54) is 212 Å². The molecule has 0 aromatic carbocycles. The lowest BCUT2D eigenvalue weighted by atomic mass is 10.0. The van der Waals surface area contributed by atoms with Crippen molar-refractivity contribution in [3.63, 3.8) is 0 Å². The third-order valence-corrected chi connectivity index (χ3v) is 19.6. The largest absolute Gasteiger partial charge is 0.472 e. The number of hydrogen-bond donors (Lipinski definition) is 3. The second-order valence-electron chi connectivity index (χ2n) is 28.3. The van der Waals surface area contributed by atoms with Crippen molar-refractivity contribution >= 4 is 39.5 Å². The monoisotopic (exact) mass is 1400 g/mol. The second-order valence-corrected chi connectivity index (χ2v) is 31.3. The molecule has 0 saturated heterocycles. The van der Waals surface area contributed by atoms with Gasteiger partial charge in [-0.3, -0.25) is 37.3 Å². The zero-order valence-corrected chi connectivity index (χ0v) is 63.8. The maximum Gasteiger partial charge on any atom is 0.472 e. The highest BCUT2D eigenvalue weighted by Gasteiger charge is 2.30. The fraction of sp³-hybridized carbons (Fsp3) is 0.947. The Morgan fingerprint density at radius 2 is 0.484 bits per heavy atom. The normalized spacial score (nSPS) is 14.0. The quantitative estimate of drug-likeness (QED) is 0.0222. The van der Waals surface area contributed by atoms with Crippen LogP contribution in [-0.4, -0.2) is 96.7 Å². The highest BCUT2D eigenvalue weighted by atomic mass is 31.2. The average Bonchev–Trinajstić information content (AvgIpc) is 1.29. The number of ether oxygens (including phenoxy) is 4. The highest BCUT2D eigenvalue weighted by Crippen LogP contribution is 2.45. The number of phosphoric ester groups is 2. The summed E-state index contributed by atoms with van der Waals surface area (Å²) in [7, 11) is -9.91. The molecule has 0 aliphatic heterocycles. The first kappa shape index (κ1) is 93.1. The summed E-state index contributed by atoms with van der Waals surface area (Å²) in [4.78, 5) is 72.7. The van der Waals surface area contributed by atoms with Gasteiger partial charge in [-0.15, -0.1) is 0 Å². The van der Waals surface area contributed by atoms with Crippen molar-refractivity contribution in [2.75, 3.05) is 39.6 Å². The van der Waals surface area contributed by atoms with Crippen LogP contribution in [0, 0.1) is 11.8 Å². The number of aliphatic hydroxyl groups is 1. The first-order chi connectivity index (χ1) is 45.9. The van der Waals surface area contributed by atoms with Gasteiger partial charge in [0, 0.05) is 25.7 Å². The zero-order chi connectivity index (χ0) is 70.0. The second kappa shape index (κ2) is 67.9. The van der Waals surface area contributed by atoms with Gasteiger partial charge in [-0.2, -0.15) is 0 Å². The molecule has 0 amide bonds. The molecule has 0 saturated carbocycles. The average molecular weight is 1400 g/mol. The van der Waals surface area contributed by atoms with Crippen molar-refractivity contribution in [3.05, 3.63) is 0 Å². The van der Waals surface area contributed by atoms with Gasteiger partial charge in [-0.25, -0.2) is 9.13 Å². The topological polar surface area (TPSA) is 237 Å². The molecule has 564 valence electrons. The van der Waals surface area contributed by atoms with E-state index in [2.05, 4.69) is 41.5 Å². The molecule has 0 aromatic rings. The van der Waals surface area contributed by atoms with E-state index in [1.54, 1.807) is 0 Å². The summed E-state index contributed by atoms with van der Waals surface area (Å²) in [6.45, 7) is 9.57. The van der Waals surface area contributed by atoms with Gasteiger partial charge >= 0.3 is 39.5 Å². The Kier molecular flexibility index (Phi) is 66.5. The lowest BCUT2D eigenvalue weighted by Gasteiger charge is -2.21. The van der Waals surface area contributed by atoms with Gasteiger partial charge in [0.1, 0.15) is 19.3 Å². The van der Waals surface area contributed by atoms with Crippen molar-refractivity contribution in [1.29, 1.82) is 0 Å². The van der Waals surface area contributed by atoms with Crippen molar-refractivity contribution in [3.8, 4) is 0 Å². The smallest absolute Gasteiger partial charge is 0.462 e. The highest BCUT2D eigenvalue weighted by molar-refractivity contribution is 7.47. The van der Waals surface area contributed by atoms with Gasteiger partial charge in [0.15, 0.2) is 12.2 Å². The Bertz CT molecular complexity index is 1840. The molecule has 2 unspecified atom stereocenters. The standard InChI is InChI=1S/C76H148O17P2/c1-7-9-11-13-15-17-18-19-20-24-27-30-34-41-47-53-59-74(79)87-65-71(92-75(80)60-54-48-42-35-31-28-25-22-21-23-26-29-33-38-44-50-56-68(3)4)66-90-94(82,83)88-62-70(77)63-89-95(84,85)91-67-72(64-86-73(78)58-52-46-40-32-16-14-12-10-8-2)93-76(81)61-55-49-43-37-36-39-45-51-57-69(5)6/h68-72,77H,7-67H2,1-6H3,(H,82,83)(H,84,85)/t70-,71-,72-/m1/s1. The zero-order valence-electron chi connectivity index (χ0n) is 62.0. The molecule has 0 heterocycles. The molecule has 0 bridgehead atoms. The van der Waals surface area contributed by atoms with Gasteiger partial charge < -0.3 is 33.8 Å². The lowest BCUT2D eigenvalue weighted by Crippen LogP contribution is -2.30. The van der Waals surface area contributed by atoms with E-state index in [0.29, 0.717) is 25.7 Å². The van der Waals surface area contributed by atoms with Crippen LogP contribution in [0.4, 0.5) is 0 Å². The van der Waals surface area contributed by atoms with Crippen LogP contribution in [0.1, 0.15) is 395 Å². The SMILES string of the molecule is CCCCCCCCCCCCCCCCCCC(=O)OC[C@H](COP(=O)(O)OC[C@@H](O)COP(=O)(O)OC[C@@H](COC(=O)CCCCCCCCCCC)OC(=O)CCCCCCCCCCC(C)C)OC(=O)CCCCCCCCCCCCCCCCCCC(C)C. The van der Waals surface area contributed by atoms with Gasteiger partial charge in [0.05, 0.1) is 26.4 Å². The molecule has 95 heavy (non-hydrogen) atoms. The van der Waals surface area contributed by atoms with Crippen molar-refractivity contribution in [1.82, 2.24) is 0 Å². The molecule has 0 fully saturated rings. The molecule has 17 nitrogen and oxygen atoms in total. The summed E-state index contributed by atoms with van der Waals surface area (Å²) < 4.78 is 68.5. The van der Waals surface area contributed by atoms with Crippen LogP contribution < -0.4 is 0 Å². The van der Waals surface area contributed by atoms with Gasteiger partial charge in [-0.05, 0) is 37.5 Å². The van der Waals surface area contributed by atoms with Gasteiger partial charge in [0.2, 0.25) is 0 Å². The molecule has 5 atom stereocenters. The number of rotatable bonds is 75. The van der Waals surface area contributed by atoms with Crippen LogP contribution in [0.3, 0.4) is 0 Å². The van der Waals surface area contributed by atoms with Gasteiger partial charge in [-0.1, -0.05) is 343 Å². The maximum absolute atomic E-state index is 13.1. The molecule has 19 heteroatoms. The van der Waals surface area contributed by atoms with Crippen LogP contribution in [0.5, 0.6) is 0 Å². The Balaban J connectivity index is 5.21. The Morgan fingerprint density at radius 1 is 0.284 bits per heavy atom. The van der Waals surface area contributed by atoms with E-state index in [1.807, 2.05) is 0 Å². The molecule has 0 aromatic heterocycles. The van der Waals surface area contributed by atoms with E-state index < -0.39 is 97.5 Å². The minimum atomic E-state index is -4.96. The maximum atomic E-state index is 13.1. The summed E-state index contributed by atoms with van der Waals surface area (Å²) in [5.41, 5.74) is 0. The van der Waals surface area contributed by atoms with Gasteiger partial charge in [0.25, 0.3) is 0 Å². The minimum absolute atomic E-state index is 0.105. The summed E-state index contributed by atoms with van der Waals surface area (Å²) in [6.07, 6.45) is 55.6. The van der Waals surface area contributed by atoms with Crippen molar-refractivity contribution in [2.45, 2.75) is 413 Å². The van der Waals surface area contributed by atoms with Crippen LogP contribution in [0.2, 0.25) is 0 Å². The number of aliphatic hydroxyl groups excluding tert-OH is 1. The summed E-state index contributed by atoms with van der Waals surface area (Å²) in [6, 6.07) is 0. The summed E-state index contributed by atoms with van der Waals surface area (Å²) in [5, 5.41) is 10.6. The summed E-state index contributed by atoms with van der Waals surface area (Å²) >= 11 is 0. The molecular weight excluding hydrogens is 1250 g/mol. The molecule has 0 rings (SSSR count). The van der Waals surface area contributed by atoms with E-state index in [0.717, 1.165) is 102 Å². The van der Waals surface area contributed by atoms with Crippen molar-refractivity contribution < 1.29 is 80.2 Å². The molecule has 0 aliphatic rings. The number of phosphoric acid groups is 2. The van der Waals surface area contributed by atoms with Crippen LogP contribution in [0.25, 0.3) is 0 Å². The Morgan fingerprint density at radius 3 is 0.716 bits per heavy atom. The van der Waals surface area contributed by atoms with Crippen LogP contribution in [0.15, 0.2) is 0 Å². The number of hydrogen-bond acceptors (Lipinski definition) is 15. The fourth-order valence-corrected chi connectivity index (χ4v) is 13.2. The van der Waals surface area contributed by atoms with E-state index >= 15 is 0 Å². The molecule has 0 radical (unpaired) electrons. The number of carbonyl (C=O) groups excluding carboxylic acids is 4. The van der Waals surface area contributed by atoms with E-state index in [9.17, 15) is 43.2 Å². The molecule has 3 N–H and O–H groups in total. The molecule has 0 spiro atoms. The first-order valence-corrected chi connectivity index (χ1v) is 42.5. The first-order valence-electron chi connectivity index (χ1n) is 39.5. The van der Waals surface area contributed by atoms with E-state index in [4.69, 9.17) is 37.0 Å².